The number of esters is 1. The van der Waals surface area contributed by atoms with E-state index >= 15 is 0 Å². The van der Waals surface area contributed by atoms with E-state index in [9.17, 15) is 26.4 Å². The van der Waals surface area contributed by atoms with E-state index in [1.807, 2.05) is 0 Å². The number of nitrogens with zero attached hydrogens (tertiary/aromatic N) is 1. The number of carbonyl (C=O) groups is 1. The molecule has 15 heavy (non-hydrogen) atoms. The molecule has 1 aliphatic heterocycles. The van der Waals surface area contributed by atoms with Crippen molar-refractivity contribution in [1.82, 2.24) is 0 Å². The van der Waals surface area contributed by atoms with Crippen molar-refractivity contribution in [3.05, 3.63) is 4.72 Å². The monoisotopic (exact) mass is 246 g/mol. The molecule has 1 saturated heterocycles. The number of halogens is 3. The van der Waals surface area contributed by atoms with Gasteiger partial charge in [0.25, 0.3) is 0 Å². The average molecular weight is 246 g/mol. The van der Waals surface area contributed by atoms with E-state index in [2.05, 4.69) is 9.46 Å². The van der Waals surface area contributed by atoms with Crippen LogP contribution in [-0.4, -0.2) is 32.5 Å². The van der Waals surface area contributed by atoms with Crippen molar-refractivity contribution in [3.63, 3.8) is 0 Å². The van der Waals surface area contributed by atoms with Crippen LogP contribution >= 0.6 is 0 Å². The minimum Gasteiger partial charge on any atom is -0.538 e. The van der Waals surface area contributed by atoms with Crippen LogP contribution < -0.4 is 0 Å². The Labute approximate surface area is 83.6 Å². The van der Waals surface area contributed by atoms with Gasteiger partial charge in [-0.15, -0.1) is 0 Å². The summed E-state index contributed by atoms with van der Waals surface area (Å²) in [6, 6.07) is 0. The van der Waals surface area contributed by atoms with Crippen LogP contribution in [0.25, 0.3) is 4.72 Å². The van der Waals surface area contributed by atoms with Crippen LogP contribution in [0.3, 0.4) is 0 Å². The molecular formula is C6H7F3NO4S-. The zero-order valence-corrected chi connectivity index (χ0v) is 8.14. The van der Waals surface area contributed by atoms with Crippen LogP contribution in [0.4, 0.5) is 13.2 Å². The van der Waals surface area contributed by atoms with Crippen molar-refractivity contribution < 1.29 is 31.1 Å². The molecule has 0 aromatic rings. The molecule has 0 aliphatic carbocycles. The van der Waals surface area contributed by atoms with Gasteiger partial charge in [-0.2, -0.15) is 13.2 Å². The summed E-state index contributed by atoms with van der Waals surface area (Å²) in [4.78, 5) is 10.5. The van der Waals surface area contributed by atoms with Gasteiger partial charge in [-0.3, -0.25) is 4.79 Å². The van der Waals surface area contributed by atoms with E-state index in [0.29, 0.717) is 0 Å². The van der Waals surface area contributed by atoms with E-state index < -0.39 is 34.1 Å². The topological polar surface area (TPSA) is 74.5 Å². The number of sulfonamides is 1. The van der Waals surface area contributed by atoms with Crippen molar-refractivity contribution in [1.29, 1.82) is 0 Å². The highest BCUT2D eigenvalue weighted by Crippen LogP contribution is 2.29. The largest absolute Gasteiger partial charge is 0.538 e. The number of rotatable bonds is 3. The molecule has 1 rings (SSSR count). The molecule has 5 nitrogen and oxygen atoms in total. The lowest BCUT2D eigenvalue weighted by Gasteiger charge is -2.24. The van der Waals surface area contributed by atoms with Gasteiger partial charge in [-0.05, 0) is 6.42 Å². The van der Waals surface area contributed by atoms with Crippen LogP contribution in [0.15, 0.2) is 0 Å². The fourth-order valence-corrected chi connectivity index (χ4v) is 1.47. The fraction of sp³-hybridized carbons (Fsp3) is 0.833. The molecule has 0 bridgehead atoms. The number of hydrogen-bond donors (Lipinski definition) is 0. The van der Waals surface area contributed by atoms with Crippen LogP contribution in [0, 0.1) is 0 Å². The van der Waals surface area contributed by atoms with Gasteiger partial charge >= 0.3 is 11.5 Å². The summed E-state index contributed by atoms with van der Waals surface area (Å²) < 4.78 is 63.3. The summed E-state index contributed by atoms with van der Waals surface area (Å²) in [6.07, 6.45) is -0.600. The number of hydrogen-bond acceptors (Lipinski definition) is 4. The summed E-state index contributed by atoms with van der Waals surface area (Å²) in [7, 11) is -5.47. The third kappa shape index (κ3) is 3.06. The summed E-state index contributed by atoms with van der Waals surface area (Å²) in [5, 5.41) is 0. The molecule has 1 fully saturated rings. The average Bonchev–Trinajstić information content (AvgIpc) is 2.46. The maximum Gasteiger partial charge on any atom is 0.480 e. The second-order valence-corrected chi connectivity index (χ2v) is 4.55. The first kappa shape index (κ1) is 12.2. The number of ether oxygens (including phenoxy) is 1. The van der Waals surface area contributed by atoms with Crippen molar-refractivity contribution in [2.45, 2.75) is 24.5 Å². The predicted molar refractivity (Wildman–Crippen MR) is 42.3 cm³/mol. The van der Waals surface area contributed by atoms with Crippen molar-refractivity contribution in [3.8, 4) is 0 Å². The maximum atomic E-state index is 11.8. The van der Waals surface area contributed by atoms with Crippen LogP contribution in [0.1, 0.15) is 12.8 Å². The molecule has 0 radical (unpaired) electrons. The Morgan fingerprint density at radius 1 is 1.47 bits per heavy atom. The third-order valence-corrected chi connectivity index (χ3v) is 2.78. The summed E-state index contributed by atoms with van der Waals surface area (Å²) >= 11 is 0. The predicted octanol–water partition coefficient (Wildman–Crippen LogP) is 0.915. The van der Waals surface area contributed by atoms with Gasteiger partial charge in [0, 0.05) is 6.42 Å². The van der Waals surface area contributed by atoms with Gasteiger partial charge in [-0.1, -0.05) is 6.54 Å². The van der Waals surface area contributed by atoms with Crippen molar-refractivity contribution >= 4 is 16.0 Å². The summed E-state index contributed by atoms with van der Waals surface area (Å²) in [5.41, 5.74) is -5.39. The Balaban J connectivity index is 2.47. The maximum absolute atomic E-state index is 11.8. The normalized spacial score (nSPS) is 22.9. The van der Waals surface area contributed by atoms with E-state index in [0.717, 1.165) is 0 Å². The highest BCUT2D eigenvalue weighted by Gasteiger charge is 2.39. The van der Waals surface area contributed by atoms with E-state index in [1.165, 1.54) is 0 Å². The zero-order valence-electron chi connectivity index (χ0n) is 7.32. The van der Waals surface area contributed by atoms with Crippen LogP contribution in [0.2, 0.25) is 0 Å². The molecule has 1 heterocycles. The van der Waals surface area contributed by atoms with Gasteiger partial charge < -0.3 is 9.46 Å². The number of cyclic esters (lactones) is 1. The van der Waals surface area contributed by atoms with Gasteiger partial charge in [0.05, 0.1) is 6.10 Å². The lowest BCUT2D eigenvalue weighted by molar-refractivity contribution is -0.140. The van der Waals surface area contributed by atoms with E-state index in [1.54, 1.807) is 0 Å². The molecule has 0 aromatic heterocycles. The standard InChI is InChI=1S/C6H7F3NO4S/c7-6(8,9)15(12,13)10-3-4-1-2-5(11)14-4/h4H,1-3H2/q-1. The molecule has 0 saturated carbocycles. The highest BCUT2D eigenvalue weighted by molar-refractivity contribution is 7.94. The first-order valence-corrected chi connectivity index (χ1v) is 5.36. The first-order valence-electron chi connectivity index (χ1n) is 3.92. The molecule has 9 heteroatoms. The minimum absolute atomic E-state index is 0.0756. The van der Waals surface area contributed by atoms with E-state index in [-0.39, 0.29) is 12.8 Å². The van der Waals surface area contributed by atoms with E-state index in [4.69, 9.17) is 0 Å². The Hall–Kier alpha value is -0.830. The summed E-state index contributed by atoms with van der Waals surface area (Å²) in [6.45, 7) is -0.673. The number of carbonyl (C=O) groups excluding carboxylic acids is 1. The van der Waals surface area contributed by atoms with Gasteiger partial charge in [0.1, 0.15) is 0 Å². The van der Waals surface area contributed by atoms with Crippen molar-refractivity contribution in [2.75, 3.05) is 6.54 Å². The molecule has 0 spiro atoms. The Morgan fingerprint density at radius 2 is 2.07 bits per heavy atom. The molecule has 1 aliphatic rings. The zero-order chi connectivity index (χ0) is 11.7. The SMILES string of the molecule is O=C1CCC(C[N-]S(=O)(=O)C(F)(F)F)O1. The van der Waals surface area contributed by atoms with Crippen molar-refractivity contribution in [2.24, 2.45) is 0 Å². The Morgan fingerprint density at radius 3 is 2.47 bits per heavy atom. The lowest BCUT2D eigenvalue weighted by Crippen LogP contribution is -2.25. The van der Waals surface area contributed by atoms with Crippen LogP contribution in [-0.2, 0) is 19.6 Å². The molecule has 0 aromatic carbocycles. The van der Waals surface area contributed by atoms with Crippen LogP contribution in [0.5, 0.6) is 0 Å². The molecule has 88 valence electrons. The first-order chi connectivity index (χ1) is 6.72. The second kappa shape index (κ2) is 3.97. The van der Waals surface area contributed by atoms with Gasteiger partial charge in [0.15, 0.2) is 10.0 Å². The minimum atomic E-state index is -5.47. The lowest BCUT2D eigenvalue weighted by atomic mass is 10.2. The fourth-order valence-electron chi connectivity index (χ4n) is 0.966. The smallest absolute Gasteiger partial charge is 0.480 e. The Bertz CT molecular complexity index is 350. The quantitative estimate of drug-likeness (QED) is 0.694. The third-order valence-electron chi connectivity index (χ3n) is 1.71. The molecule has 0 N–H and O–H groups in total. The highest BCUT2D eigenvalue weighted by atomic mass is 32.2. The Kier molecular flexibility index (Phi) is 3.24. The molecular weight excluding hydrogens is 239 g/mol. The second-order valence-electron chi connectivity index (χ2n) is 2.88. The molecule has 1 atom stereocenters. The summed E-state index contributed by atoms with van der Waals surface area (Å²) in [5.74, 6) is -0.556. The molecule has 1 unspecified atom stereocenters. The molecule has 0 amide bonds. The van der Waals surface area contributed by atoms with Gasteiger partial charge in [-0.25, -0.2) is 8.42 Å². The number of alkyl halides is 3. The van der Waals surface area contributed by atoms with Gasteiger partial charge in [0.2, 0.25) is 0 Å².